The van der Waals surface area contributed by atoms with Crippen LogP contribution in [0, 0.1) is 0 Å². The van der Waals surface area contributed by atoms with Crippen LogP contribution in [0.2, 0.25) is 30.7 Å². The highest BCUT2D eigenvalue weighted by Gasteiger charge is 2.38. The Bertz CT molecular complexity index is 1200. The molecular formula is C28H38ClN3O4Si. The summed E-state index contributed by atoms with van der Waals surface area (Å²) in [7, 11) is -1.14. The first-order valence-corrected chi connectivity index (χ1v) is 17.0. The Labute approximate surface area is 225 Å². The van der Waals surface area contributed by atoms with Crippen LogP contribution in [0.4, 0.5) is 4.79 Å². The minimum absolute atomic E-state index is 0.240. The van der Waals surface area contributed by atoms with Gasteiger partial charge in [-0.25, -0.2) is 9.48 Å². The Hall–Kier alpha value is -2.39. The van der Waals surface area contributed by atoms with Gasteiger partial charge in [0.2, 0.25) is 0 Å². The van der Waals surface area contributed by atoms with E-state index in [1.54, 1.807) is 0 Å². The second-order valence-electron chi connectivity index (χ2n) is 11.3. The summed E-state index contributed by atoms with van der Waals surface area (Å²) in [4.78, 5) is 13.0. The number of halogens is 1. The summed E-state index contributed by atoms with van der Waals surface area (Å²) in [5.74, 6) is 0. The highest BCUT2D eigenvalue weighted by molar-refractivity contribution is 6.76. The van der Waals surface area contributed by atoms with Gasteiger partial charge in [-0.3, -0.25) is 0 Å². The third kappa shape index (κ3) is 6.93. The molecule has 1 saturated heterocycles. The lowest BCUT2D eigenvalue weighted by Gasteiger charge is -2.41. The molecule has 7 nitrogen and oxygen atoms in total. The Kier molecular flexibility index (Phi) is 8.63. The molecule has 0 radical (unpaired) electrons. The fourth-order valence-electron chi connectivity index (χ4n) is 4.89. The second-order valence-corrected chi connectivity index (χ2v) is 17.4. The van der Waals surface area contributed by atoms with E-state index in [1.807, 2.05) is 48.1 Å². The lowest BCUT2D eigenvalue weighted by molar-refractivity contribution is 0.00555. The van der Waals surface area contributed by atoms with Gasteiger partial charge in [0.15, 0.2) is 0 Å². The zero-order chi connectivity index (χ0) is 26.6. The van der Waals surface area contributed by atoms with Gasteiger partial charge in [0.25, 0.3) is 0 Å². The molecule has 1 aliphatic rings. The van der Waals surface area contributed by atoms with Gasteiger partial charge in [-0.1, -0.05) is 61.6 Å². The molecule has 2 aromatic carbocycles. The lowest BCUT2D eigenvalue weighted by Crippen LogP contribution is -2.47. The number of hydrogen-bond donors (Lipinski definition) is 1. The molecular weight excluding hydrogens is 506 g/mol. The molecule has 1 aromatic heterocycles. The third-order valence-electron chi connectivity index (χ3n) is 7.29. The third-order valence-corrected chi connectivity index (χ3v) is 9.22. The molecule has 1 aliphatic heterocycles. The van der Waals surface area contributed by atoms with Crippen LogP contribution in [0.1, 0.15) is 37.0 Å². The van der Waals surface area contributed by atoms with Crippen molar-refractivity contribution in [2.24, 2.45) is 0 Å². The first kappa shape index (κ1) is 27.6. The molecule has 0 bridgehead atoms. The largest absolute Gasteiger partial charge is 0.465 e. The fourth-order valence-corrected chi connectivity index (χ4v) is 5.89. The van der Waals surface area contributed by atoms with Crippen molar-refractivity contribution in [2.45, 2.75) is 63.7 Å². The summed E-state index contributed by atoms with van der Waals surface area (Å²) in [6, 6.07) is 15.3. The van der Waals surface area contributed by atoms with Crippen molar-refractivity contribution in [3.8, 4) is 0 Å². The highest BCUT2D eigenvalue weighted by atomic mass is 35.5. The first-order valence-electron chi connectivity index (χ1n) is 13.0. The number of carbonyl (C=O) groups is 1. The van der Waals surface area contributed by atoms with Crippen LogP contribution in [0.25, 0.3) is 10.9 Å². The molecule has 4 rings (SSSR count). The standard InChI is InChI=1S/C28H38ClN3O4Si/c1-21(36-19-28(23-8-6-5-7-9-23)10-12-31(13-11-28)27(33)34)25-17-24(29)16-22-18-32(30-26(22)25)20-35-14-15-37(2,3)4/h5-9,16-18,21H,10-15,19-20H2,1-4H3,(H,33,34). The predicted molar refractivity (Wildman–Crippen MR) is 150 cm³/mol. The normalized spacial score (nSPS) is 16.7. The number of aromatic nitrogens is 2. The molecule has 37 heavy (non-hydrogen) atoms. The van der Waals surface area contributed by atoms with Crippen LogP contribution in [0.5, 0.6) is 0 Å². The number of piperidine rings is 1. The quantitative estimate of drug-likeness (QED) is 0.225. The van der Waals surface area contributed by atoms with Gasteiger partial charge in [-0.15, -0.1) is 0 Å². The van der Waals surface area contributed by atoms with Crippen LogP contribution in [-0.2, 0) is 21.6 Å². The smallest absolute Gasteiger partial charge is 0.407 e. The van der Waals surface area contributed by atoms with E-state index in [0.29, 0.717) is 44.3 Å². The van der Waals surface area contributed by atoms with E-state index in [4.69, 9.17) is 26.2 Å². The Balaban J connectivity index is 1.50. The highest BCUT2D eigenvalue weighted by Crippen LogP contribution is 2.38. The minimum atomic E-state index is -1.14. The first-order chi connectivity index (χ1) is 17.6. The number of ether oxygens (including phenoxy) is 2. The van der Waals surface area contributed by atoms with E-state index in [0.717, 1.165) is 29.1 Å². The minimum Gasteiger partial charge on any atom is -0.465 e. The van der Waals surface area contributed by atoms with E-state index in [1.165, 1.54) is 10.5 Å². The van der Waals surface area contributed by atoms with Crippen molar-refractivity contribution in [1.82, 2.24) is 14.7 Å². The van der Waals surface area contributed by atoms with Gasteiger partial charge in [0, 0.05) is 55.4 Å². The summed E-state index contributed by atoms with van der Waals surface area (Å²) in [6.07, 6.45) is 2.29. The van der Waals surface area contributed by atoms with E-state index in [2.05, 4.69) is 31.8 Å². The van der Waals surface area contributed by atoms with Gasteiger partial charge >= 0.3 is 6.09 Å². The molecule has 1 amide bonds. The Morgan fingerprint density at radius 1 is 1.19 bits per heavy atom. The van der Waals surface area contributed by atoms with Crippen molar-refractivity contribution < 1.29 is 19.4 Å². The van der Waals surface area contributed by atoms with Gasteiger partial charge < -0.3 is 19.5 Å². The summed E-state index contributed by atoms with van der Waals surface area (Å²) in [6.45, 7) is 11.7. The number of likely N-dealkylation sites (tertiary alicyclic amines) is 1. The number of nitrogens with zero attached hydrogens (tertiary/aromatic N) is 3. The number of hydrogen-bond acceptors (Lipinski definition) is 4. The number of amides is 1. The number of rotatable bonds is 10. The maximum Gasteiger partial charge on any atom is 0.407 e. The van der Waals surface area contributed by atoms with Gasteiger partial charge in [-0.2, -0.15) is 5.10 Å². The maximum atomic E-state index is 11.5. The SMILES string of the molecule is CC(OCC1(c2ccccc2)CCN(C(=O)O)CC1)c1cc(Cl)cc2cn(COCC[Si](C)(C)C)nc12. The lowest BCUT2D eigenvalue weighted by atomic mass is 9.73. The van der Waals surface area contributed by atoms with Gasteiger partial charge in [0.1, 0.15) is 6.73 Å². The van der Waals surface area contributed by atoms with E-state index in [9.17, 15) is 9.90 Å². The van der Waals surface area contributed by atoms with Crippen molar-refractivity contribution in [2.75, 3.05) is 26.3 Å². The number of fused-ring (bicyclic) bond motifs is 1. The Morgan fingerprint density at radius 2 is 1.89 bits per heavy atom. The maximum absolute atomic E-state index is 11.5. The zero-order valence-electron chi connectivity index (χ0n) is 22.2. The molecule has 3 aromatic rings. The average molecular weight is 544 g/mol. The molecule has 1 N–H and O–H groups in total. The van der Waals surface area contributed by atoms with Gasteiger partial charge in [-0.05, 0) is 43.5 Å². The zero-order valence-corrected chi connectivity index (χ0v) is 24.0. The van der Waals surface area contributed by atoms with E-state index < -0.39 is 14.2 Å². The van der Waals surface area contributed by atoms with Crippen molar-refractivity contribution in [1.29, 1.82) is 0 Å². The monoisotopic (exact) mass is 543 g/mol. The molecule has 1 unspecified atom stereocenters. The van der Waals surface area contributed by atoms with Crippen molar-refractivity contribution >= 4 is 36.7 Å². The molecule has 1 atom stereocenters. The molecule has 0 saturated carbocycles. The van der Waals surface area contributed by atoms with Crippen molar-refractivity contribution in [3.05, 3.63) is 64.8 Å². The Morgan fingerprint density at radius 3 is 2.54 bits per heavy atom. The van der Waals surface area contributed by atoms with Crippen LogP contribution in [0.15, 0.2) is 48.7 Å². The van der Waals surface area contributed by atoms with Crippen LogP contribution >= 0.6 is 11.6 Å². The van der Waals surface area contributed by atoms with Crippen LogP contribution in [-0.4, -0.2) is 60.3 Å². The second kappa shape index (κ2) is 11.6. The summed E-state index contributed by atoms with van der Waals surface area (Å²) in [5.41, 5.74) is 2.74. The molecule has 9 heteroatoms. The molecule has 0 spiro atoms. The molecule has 2 heterocycles. The fraction of sp³-hybridized carbons (Fsp3) is 0.500. The summed E-state index contributed by atoms with van der Waals surface area (Å²) in [5, 5.41) is 15.8. The molecule has 1 fully saturated rings. The van der Waals surface area contributed by atoms with E-state index >= 15 is 0 Å². The van der Waals surface area contributed by atoms with E-state index in [-0.39, 0.29) is 11.5 Å². The predicted octanol–water partition coefficient (Wildman–Crippen LogP) is 6.79. The summed E-state index contributed by atoms with van der Waals surface area (Å²) >= 11 is 6.49. The average Bonchev–Trinajstić information content (AvgIpc) is 3.27. The number of benzene rings is 2. The number of carboxylic acid groups (broad SMARTS) is 1. The molecule has 200 valence electrons. The van der Waals surface area contributed by atoms with Crippen LogP contribution in [0.3, 0.4) is 0 Å². The summed E-state index contributed by atoms with van der Waals surface area (Å²) < 4.78 is 14.3. The topological polar surface area (TPSA) is 76.8 Å². The molecule has 0 aliphatic carbocycles. The van der Waals surface area contributed by atoms with Gasteiger partial charge in [0.05, 0.1) is 18.2 Å². The van der Waals surface area contributed by atoms with Crippen molar-refractivity contribution in [3.63, 3.8) is 0 Å². The van der Waals surface area contributed by atoms with Crippen LogP contribution < -0.4 is 0 Å².